The topological polar surface area (TPSA) is 141 Å². The fourth-order valence-corrected chi connectivity index (χ4v) is 2.87. The molecule has 0 unspecified atom stereocenters. The van der Waals surface area contributed by atoms with E-state index in [1.807, 2.05) is 0 Å². The third kappa shape index (κ3) is 4.67. The summed E-state index contributed by atoms with van der Waals surface area (Å²) in [6, 6.07) is 10.5. The zero-order valence-electron chi connectivity index (χ0n) is 16.7. The van der Waals surface area contributed by atoms with Gasteiger partial charge in [-0.05, 0) is 30.3 Å². The van der Waals surface area contributed by atoms with Crippen LogP contribution in [0.5, 0.6) is 11.6 Å². The Labute approximate surface area is 183 Å². The molecular formula is C21H13F3N4O5. The number of hydrogen-bond donors (Lipinski definition) is 1. The van der Waals surface area contributed by atoms with E-state index < -0.39 is 34.1 Å². The predicted molar refractivity (Wildman–Crippen MR) is 108 cm³/mol. The lowest BCUT2D eigenvalue weighted by molar-refractivity contribution is -0.384. The predicted octanol–water partition coefficient (Wildman–Crippen LogP) is 4.71. The number of nitrogen functional groups attached to an aromatic ring is 1. The highest BCUT2D eigenvalue weighted by atomic mass is 19.4. The highest BCUT2D eigenvalue weighted by Gasteiger charge is 2.31. The van der Waals surface area contributed by atoms with Crippen LogP contribution in [0.3, 0.4) is 0 Å². The average Bonchev–Trinajstić information content (AvgIpc) is 2.78. The van der Waals surface area contributed by atoms with Crippen molar-refractivity contribution in [2.24, 2.45) is 0 Å². The number of anilines is 1. The molecule has 2 N–H and O–H groups in total. The Morgan fingerprint density at radius 2 is 1.88 bits per heavy atom. The summed E-state index contributed by atoms with van der Waals surface area (Å²) in [5, 5.41) is 20.5. The minimum atomic E-state index is -4.64. The van der Waals surface area contributed by atoms with E-state index in [0.29, 0.717) is 6.07 Å². The van der Waals surface area contributed by atoms with Gasteiger partial charge in [-0.15, -0.1) is 0 Å². The fourth-order valence-electron chi connectivity index (χ4n) is 2.87. The molecule has 0 radical (unpaired) electrons. The van der Waals surface area contributed by atoms with Crippen molar-refractivity contribution < 1.29 is 32.4 Å². The minimum absolute atomic E-state index is 0.143. The molecule has 9 nitrogen and oxygen atoms in total. The Morgan fingerprint density at radius 1 is 1.21 bits per heavy atom. The number of nitrogens with zero attached hydrogens (tertiary/aromatic N) is 3. The molecule has 0 fully saturated rings. The molecule has 0 atom stereocenters. The van der Waals surface area contributed by atoms with Gasteiger partial charge < -0.3 is 15.2 Å². The van der Waals surface area contributed by atoms with Crippen molar-refractivity contribution in [3.8, 4) is 29.0 Å². The number of alkyl halides is 3. The van der Waals surface area contributed by atoms with Crippen LogP contribution in [0, 0.1) is 21.4 Å². The molecule has 33 heavy (non-hydrogen) atoms. The number of carbonyl (C=O) groups excluding carboxylic acids is 1. The number of nitro benzene ring substituents is 1. The molecule has 3 rings (SSSR count). The fraction of sp³-hybridized carbons (Fsp3) is 0.0952. The normalized spacial score (nSPS) is 10.9. The number of pyridine rings is 1. The summed E-state index contributed by atoms with van der Waals surface area (Å²) in [7, 11) is 1.07. The zero-order valence-corrected chi connectivity index (χ0v) is 16.7. The lowest BCUT2D eigenvalue weighted by Crippen LogP contribution is -2.12. The Hall–Kier alpha value is -4.66. The second kappa shape index (κ2) is 8.83. The van der Waals surface area contributed by atoms with E-state index in [1.54, 1.807) is 6.07 Å². The molecule has 12 heteroatoms. The number of benzene rings is 2. The van der Waals surface area contributed by atoms with Crippen LogP contribution >= 0.6 is 0 Å². The molecule has 168 valence electrons. The number of non-ortho nitro benzene ring substituents is 1. The molecule has 0 aliphatic carbocycles. The van der Waals surface area contributed by atoms with Gasteiger partial charge in [-0.1, -0.05) is 6.07 Å². The molecule has 0 aliphatic heterocycles. The quantitative estimate of drug-likeness (QED) is 0.329. The molecule has 0 amide bonds. The van der Waals surface area contributed by atoms with Crippen molar-refractivity contribution in [1.82, 2.24) is 4.98 Å². The maximum absolute atomic E-state index is 13.0. The smallest absolute Gasteiger partial charge is 0.416 e. The van der Waals surface area contributed by atoms with Gasteiger partial charge in [0.2, 0.25) is 5.88 Å². The highest BCUT2D eigenvalue weighted by molar-refractivity contribution is 6.03. The van der Waals surface area contributed by atoms with E-state index in [-0.39, 0.29) is 33.9 Å². The van der Waals surface area contributed by atoms with Crippen LogP contribution in [0.4, 0.5) is 24.5 Å². The molecular weight excluding hydrogens is 445 g/mol. The lowest BCUT2D eigenvalue weighted by Gasteiger charge is -2.16. The Balaban J connectivity index is 2.20. The third-order valence-corrected chi connectivity index (χ3v) is 4.43. The SMILES string of the molecule is COC(=O)c1c(-c2ccc([N+](=O)[O-])cc2)nc(Oc2cccc(C(F)(F)F)c2)c(C#N)c1N. The van der Waals surface area contributed by atoms with Gasteiger partial charge >= 0.3 is 12.1 Å². The maximum atomic E-state index is 13.0. The van der Waals surface area contributed by atoms with Crippen molar-refractivity contribution >= 4 is 17.3 Å². The van der Waals surface area contributed by atoms with Crippen LogP contribution in [0.2, 0.25) is 0 Å². The summed E-state index contributed by atoms with van der Waals surface area (Å²) < 4.78 is 49.2. The second-order valence-corrected chi connectivity index (χ2v) is 6.46. The van der Waals surface area contributed by atoms with Crippen LogP contribution in [-0.4, -0.2) is 23.0 Å². The number of halogens is 3. The number of aromatic nitrogens is 1. The molecule has 2 aromatic carbocycles. The molecule has 1 heterocycles. The van der Waals surface area contributed by atoms with Crippen LogP contribution in [-0.2, 0) is 10.9 Å². The van der Waals surface area contributed by atoms with E-state index in [4.69, 9.17) is 15.2 Å². The van der Waals surface area contributed by atoms with E-state index in [1.165, 1.54) is 18.2 Å². The monoisotopic (exact) mass is 458 g/mol. The first-order valence-corrected chi connectivity index (χ1v) is 8.98. The first kappa shape index (κ1) is 23.0. The standard InChI is InChI=1S/C21H13F3N4O5/c1-32-20(29)16-17(26)15(10-25)19(33-14-4-2-3-12(9-14)21(22,23)24)27-18(16)11-5-7-13(8-6-11)28(30)31/h2-9H,1H3,(H2,26,27). The number of carbonyl (C=O) groups is 1. The summed E-state index contributed by atoms with van der Waals surface area (Å²) in [5.41, 5.74) is 3.73. The summed E-state index contributed by atoms with van der Waals surface area (Å²) in [6.45, 7) is 0. The lowest BCUT2D eigenvalue weighted by atomic mass is 10.0. The minimum Gasteiger partial charge on any atom is -0.465 e. The second-order valence-electron chi connectivity index (χ2n) is 6.46. The molecule has 0 aliphatic rings. The molecule has 0 spiro atoms. The van der Waals surface area contributed by atoms with Crippen LogP contribution < -0.4 is 10.5 Å². The van der Waals surface area contributed by atoms with Gasteiger partial charge in [0.1, 0.15) is 22.9 Å². The zero-order chi connectivity index (χ0) is 24.3. The van der Waals surface area contributed by atoms with Crippen molar-refractivity contribution in [1.29, 1.82) is 5.26 Å². The number of nitrogens with two attached hydrogens (primary N) is 1. The van der Waals surface area contributed by atoms with Crippen LogP contribution in [0.25, 0.3) is 11.3 Å². The van der Waals surface area contributed by atoms with E-state index in [2.05, 4.69) is 4.98 Å². The molecule has 3 aromatic rings. The molecule has 0 bridgehead atoms. The summed E-state index contributed by atoms with van der Waals surface area (Å²) in [5.74, 6) is -1.69. The first-order valence-electron chi connectivity index (χ1n) is 8.98. The van der Waals surface area contributed by atoms with E-state index >= 15 is 0 Å². The van der Waals surface area contributed by atoms with Gasteiger partial charge in [-0.2, -0.15) is 18.4 Å². The van der Waals surface area contributed by atoms with Gasteiger partial charge in [0, 0.05) is 17.7 Å². The van der Waals surface area contributed by atoms with Crippen molar-refractivity contribution in [2.45, 2.75) is 6.18 Å². The van der Waals surface area contributed by atoms with Crippen molar-refractivity contribution in [3.05, 3.63) is 75.3 Å². The summed E-state index contributed by atoms with van der Waals surface area (Å²) in [4.78, 5) is 26.8. The number of methoxy groups -OCH3 is 1. The van der Waals surface area contributed by atoms with E-state index in [9.17, 15) is 33.3 Å². The number of nitriles is 1. The van der Waals surface area contributed by atoms with Gasteiger partial charge in [-0.25, -0.2) is 9.78 Å². The largest absolute Gasteiger partial charge is 0.465 e. The summed E-state index contributed by atoms with van der Waals surface area (Å²) in [6.07, 6.45) is -4.64. The Kier molecular flexibility index (Phi) is 6.16. The number of rotatable bonds is 5. The third-order valence-electron chi connectivity index (χ3n) is 4.43. The van der Waals surface area contributed by atoms with Gasteiger partial charge in [0.05, 0.1) is 29.0 Å². The molecule has 1 aromatic heterocycles. The summed E-state index contributed by atoms with van der Waals surface area (Å²) >= 11 is 0. The van der Waals surface area contributed by atoms with Crippen molar-refractivity contribution in [3.63, 3.8) is 0 Å². The van der Waals surface area contributed by atoms with Crippen LogP contribution in [0.1, 0.15) is 21.5 Å². The highest BCUT2D eigenvalue weighted by Crippen LogP contribution is 2.38. The van der Waals surface area contributed by atoms with E-state index in [0.717, 1.165) is 31.4 Å². The first-order chi connectivity index (χ1) is 15.6. The number of nitro groups is 1. The number of esters is 1. The van der Waals surface area contributed by atoms with Gasteiger partial charge in [0.15, 0.2) is 0 Å². The van der Waals surface area contributed by atoms with Crippen molar-refractivity contribution in [2.75, 3.05) is 12.8 Å². The average molecular weight is 458 g/mol. The molecule has 0 saturated carbocycles. The van der Waals surface area contributed by atoms with Crippen LogP contribution in [0.15, 0.2) is 48.5 Å². The number of hydrogen-bond acceptors (Lipinski definition) is 8. The number of ether oxygens (including phenoxy) is 2. The Bertz CT molecular complexity index is 1280. The van der Waals surface area contributed by atoms with Gasteiger partial charge in [-0.3, -0.25) is 10.1 Å². The maximum Gasteiger partial charge on any atom is 0.416 e. The molecule has 0 saturated heterocycles. The Morgan fingerprint density at radius 3 is 2.42 bits per heavy atom. The van der Waals surface area contributed by atoms with Gasteiger partial charge in [0.25, 0.3) is 5.69 Å².